The van der Waals surface area contributed by atoms with Crippen molar-refractivity contribution in [1.82, 2.24) is 4.98 Å². The Labute approximate surface area is 105 Å². The third kappa shape index (κ3) is 1.78. The number of fused-ring (bicyclic) bond motifs is 1. The van der Waals surface area contributed by atoms with Crippen LogP contribution in [-0.4, -0.2) is 16.1 Å². The molecule has 0 bridgehead atoms. The number of carbonyl (C=O) groups is 1. The number of aromatic nitrogens is 1. The van der Waals surface area contributed by atoms with Crippen molar-refractivity contribution in [2.45, 2.75) is 19.3 Å². The Kier molecular flexibility index (Phi) is 2.59. The Balaban J connectivity index is 2.13. The van der Waals surface area contributed by atoms with Gasteiger partial charge in [0.05, 0.1) is 5.56 Å². The molecule has 1 aromatic heterocycles. The van der Waals surface area contributed by atoms with Crippen LogP contribution in [-0.2, 0) is 12.8 Å². The van der Waals surface area contributed by atoms with Crippen molar-refractivity contribution in [1.29, 1.82) is 0 Å². The Bertz CT molecular complexity index is 620. The fourth-order valence-corrected chi connectivity index (χ4v) is 2.55. The van der Waals surface area contributed by atoms with Crippen molar-refractivity contribution in [3.05, 3.63) is 53.3 Å². The maximum absolute atomic E-state index is 11.2. The van der Waals surface area contributed by atoms with E-state index in [4.69, 9.17) is 0 Å². The molecule has 0 fully saturated rings. The molecule has 3 rings (SSSR count). The number of aryl methyl sites for hydroxylation is 2. The van der Waals surface area contributed by atoms with Gasteiger partial charge in [-0.3, -0.25) is 4.98 Å². The molecule has 1 aliphatic rings. The molecule has 18 heavy (non-hydrogen) atoms. The first-order chi connectivity index (χ1) is 8.75. The minimum absolute atomic E-state index is 0.308. The van der Waals surface area contributed by atoms with E-state index in [1.807, 2.05) is 6.07 Å². The summed E-state index contributed by atoms with van der Waals surface area (Å²) >= 11 is 0. The highest BCUT2D eigenvalue weighted by molar-refractivity contribution is 5.95. The lowest BCUT2D eigenvalue weighted by Crippen LogP contribution is -2.00. The maximum atomic E-state index is 11.2. The van der Waals surface area contributed by atoms with Crippen LogP contribution in [0.2, 0.25) is 0 Å². The molecule has 0 atom stereocenters. The van der Waals surface area contributed by atoms with E-state index in [9.17, 15) is 9.90 Å². The van der Waals surface area contributed by atoms with Crippen LogP contribution in [0, 0.1) is 0 Å². The van der Waals surface area contributed by atoms with Crippen molar-refractivity contribution < 1.29 is 9.90 Å². The van der Waals surface area contributed by atoms with Gasteiger partial charge in [-0.05, 0) is 42.0 Å². The molecule has 1 aliphatic carbocycles. The molecule has 90 valence electrons. The summed E-state index contributed by atoms with van der Waals surface area (Å²) in [7, 11) is 0. The molecule has 3 nitrogen and oxygen atoms in total. The average Bonchev–Trinajstić information content (AvgIpc) is 2.85. The van der Waals surface area contributed by atoms with Gasteiger partial charge in [0.25, 0.3) is 0 Å². The summed E-state index contributed by atoms with van der Waals surface area (Å²) in [6, 6.07) is 7.75. The number of hydrogen-bond donors (Lipinski definition) is 1. The first-order valence-corrected chi connectivity index (χ1v) is 6.05. The zero-order valence-corrected chi connectivity index (χ0v) is 9.89. The molecule has 1 aromatic carbocycles. The van der Waals surface area contributed by atoms with Crippen LogP contribution in [0.4, 0.5) is 0 Å². The minimum atomic E-state index is -0.909. The van der Waals surface area contributed by atoms with Gasteiger partial charge < -0.3 is 5.11 Å². The predicted molar refractivity (Wildman–Crippen MR) is 68.7 cm³/mol. The summed E-state index contributed by atoms with van der Waals surface area (Å²) in [5.41, 5.74) is 4.68. The average molecular weight is 239 g/mol. The van der Waals surface area contributed by atoms with Gasteiger partial charge in [-0.2, -0.15) is 0 Å². The van der Waals surface area contributed by atoms with Crippen LogP contribution in [0.1, 0.15) is 27.9 Å². The number of nitrogens with zero attached hydrogens (tertiary/aromatic N) is 1. The van der Waals surface area contributed by atoms with E-state index in [2.05, 4.69) is 17.1 Å². The number of benzene rings is 1. The zero-order chi connectivity index (χ0) is 12.5. The first kappa shape index (κ1) is 11.0. The molecular formula is C15H13NO2. The van der Waals surface area contributed by atoms with Crippen LogP contribution in [0.25, 0.3) is 11.1 Å². The van der Waals surface area contributed by atoms with Crippen LogP contribution in [0.15, 0.2) is 36.7 Å². The number of hydrogen-bond acceptors (Lipinski definition) is 2. The van der Waals surface area contributed by atoms with Gasteiger partial charge in [0.2, 0.25) is 0 Å². The number of rotatable bonds is 2. The maximum Gasteiger partial charge on any atom is 0.336 e. The Morgan fingerprint density at radius 2 is 2.00 bits per heavy atom. The predicted octanol–water partition coefficient (Wildman–Crippen LogP) is 2.94. The van der Waals surface area contributed by atoms with E-state index in [0.717, 1.165) is 18.4 Å². The number of carboxylic acids is 1. The number of carboxylic acid groups (broad SMARTS) is 1. The summed E-state index contributed by atoms with van der Waals surface area (Å²) in [6.45, 7) is 0. The summed E-state index contributed by atoms with van der Waals surface area (Å²) in [6.07, 6.45) is 6.55. The molecule has 3 heteroatoms. The monoisotopic (exact) mass is 239 g/mol. The van der Waals surface area contributed by atoms with Crippen molar-refractivity contribution in [3.8, 4) is 11.1 Å². The van der Waals surface area contributed by atoms with Crippen molar-refractivity contribution in [3.63, 3.8) is 0 Å². The van der Waals surface area contributed by atoms with E-state index in [1.165, 1.54) is 23.7 Å². The van der Waals surface area contributed by atoms with Gasteiger partial charge >= 0.3 is 5.97 Å². The summed E-state index contributed by atoms with van der Waals surface area (Å²) in [5, 5.41) is 9.19. The van der Waals surface area contributed by atoms with Gasteiger partial charge in [0, 0.05) is 18.0 Å². The lowest BCUT2D eigenvalue weighted by atomic mass is 9.98. The molecule has 0 unspecified atom stereocenters. The third-order valence-corrected chi connectivity index (χ3v) is 3.46. The first-order valence-electron chi connectivity index (χ1n) is 6.05. The van der Waals surface area contributed by atoms with Crippen LogP contribution in [0.5, 0.6) is 0 Å². The normalized spacial score (nSPS) is 13.3. The topological polar surface area (TPSA) is 50.2 Å². The molecule has 0 spiro atoms. The van der Waals surface area contributed by atoms with Crippen molar-refractivity contribution >= 4 is 5.97 Å². The van der Waals surface area contributed by atoms with E-state index in [-0.39, 0.29) is 0 Å². The third-order valence-electron chi connectivity index (χ3n) is 3.46. The second-order valence-electron chi connectivity index (χ2n) is 4.56. The van der Waals surface area contributed by atoms with Crippen molar-refractivity contribution in [2.24, 2.45) is 0 Å². The minimum Gasteiger partial charge on any atom is -0.478 e. The summed E-state index contributed by atoms with van der Waals surface area (Å²) < 4.78 is 0. The van der Waals surface area contributed by atoms with Crippen LogP contribution in [0.3, 0.4) is 0 Å². The molecule has 0 radical (unpaired) electrons. The molecule has 1 N–H and O–H groups in total. The standard InChI is InChI=1S/C15H13NO2/c17-15(18)13-6-7-16-9-14(13)12-5-4-10-2-1-3-11(10)8-12/h4-9H,1-3H2,(H,17,18). The van der Waals surface area contributed by atoms with Gasteiger partial charge in [-0.1, -0.05) is 18.2 Å². The van der Waals surface area contributed by atoms with Gasteiger partial charge in [-0.25, -0.2) is 4.79 Å². The van der Waals surface area contributed by atoms with Crippen LogP contribution >= 0.6 is 0 Å². The highest BCUT2D eigenvalue weighted by Crippen LogP contribution is 2.29. The molecule has 0 amide bonds. The lowest BCUT2D eigenvalue weighted by molar-refractivity contribution is 0.0697. The molecule has 0 saturated carbocycles. The van der Waals surface area contributed by atoms with Gasteiger partial charge in [0.15, 0.2) is 0 Å². The molecular weight excluding hydrogens is 226 g/mol. The summed E-state index contributed by atoms with van der Waals surface area (Å²) in [4.78, 5) is 15.2. The highest BCUT2D eigenvalue weighted by Gasteiger charge is 2.15. The molecule has 2 aromatic rings. The van der Waals surface area contributed by atoms with E-state index < -0.39 is 5.97 Å². The Hall–Kier alpha value is -2.16. The largest absolute Gasteiger partial charge is 0.478 e. The highest BCUT2D eigenvalue weighted by atomic mass is 16.4. The van der Waals surface area contributed by atoms with E-state index >= 15 is 0 Å². The fourth-order valence-electron chi connectivity index (χ4n) is 2.55. The summed E-state index contributed by atoms with van der Waals surface area (Å²) in [5.74, 6) is -0.909. The fraction of sp³-hybridized carbons (Fsp3) is 0.200. The van der Waals surface area contributed by atoms with Gasteiger partial charge in [-0.15, -0.1) is 0 Å². The second kappa shape index (κ2) is 4.26. The molecule has 1 heterocycles. The zero-order valence-electron chi connectivity index (χ0n) is 9.89. The molecule has 0 saturated heterocycles. The lowest BCUT2D eigenvalue weighted by Gasteiger charge is -2.07. The van der Waals surface area contributed by atoms with E-state index in [0.29, 0.717) is 11.1 Å². The van der Waals surface area contributed by atoms with E-state index in [1.54, 1.807) is 12.3 Å². The quantitative estimate of drug-likeness (QED) is 0.876. The number of aromatic carboxylic acids is 1. The Morgan fingerprint density at radius 1 is 1.17 bits per heavy atom. The van der Waals surface area contributed by atoms with Crippen LogP contribution < -0.4 is 0 Å². The second-order valence-corrected chi connectivity index (χ2v) is 4.56. The molecule has 0 aliphatic heterocycles. The van der Waals surface area contributed by atoms with Crippen molar-refractivity contribution in [2.75, 3.05) is 0 Å². The number of pyridine rings is 1. The smallest absolute Gasteiger partial charge is 0.336 e. The van der Waals surface area contributed by atoms with Gasteiger partial charge in [0.1, 0.15) is 0 Å². The SMILES string of the molecule is O=C(O)c1ccncc1-c1ccc2c(c1)CCC2. The Morgan fingerprint density at radius 3 is 2.83 bits per heavy atom.